The fourth-order valence-electron chi connectivity index (χ4n) is 6.21. The fourth-order valence-corrected chi connectivity index (χ4v) is 6.21. The fraction of sp³-hybridized carbons (Fsp3) is 0.741. The van der Waals surface area contributed by atoms with Crippen molar-refractivity contribution in [3.05, 3.63) is 17.8 Å². The number of carbonyl (C=O) groups excluding carboxylic acids is 2. The molecule has 0 spiro atoms. The Bertz CT molecular complexity index is 964. The van der Waals surface area contributed by atoms with Crippen LogP contribution < -0.4 is 15.4 Å². The van der Waals surface area contributed by atoms with Gasteiger partial charge in [-0.3, -0.25) is 9.59 Å². The molecule has 4 fully saturated rings. The maximum atomic E-state index is 13.4. The van der Waals surface area contributed by atoms with Crippen molar-refractivity contribution < 1.29 is 19.4 Å². The van der Waals surface area contributed by atoms with Crippen LogP contribution in [-0.4, -0.2) is 50.5 Å². The molecule has 4 aliphatic rings. The molecule has 2 amide bonds. The van der Waals surface area contributed by atoms with E-state index < -0.39 is 11.1 Å². The van der Waals surface area contributed by atoms with Crippen LogP contribution in [0.4, 0.5) is 0 Å². The van der Waals surface area contributed by atoms with Crippen molar-refractivity contribution in [2.24, 2.45) is 29.6 Å². The molecule has 35 heavy (non-hydrogen) atoms. The Morgan fingerprint density at radius 3 is 2.46 bits per heavy atom. The quantitative estimate of drug-likeness (QED) is 0.495. The number of aliphatic hydroxyl groups is 1. The summed E-state index contributed by atoms with van der Waals surface area (Å²) >= 11 is 0. The highest BCUT2D eigenvalue weighted by atomic mass is 16.5. The third-order valence-electron chi connectivity index (χ3n) is 7.69. The van der Waals surface area contributed by atoms with E-state index in [2.05, 4.69) is 29.6 Å². The van der Waals surface area contributed by atoms with Gasteiger partial charge in [-0.1, -0.05) is 27.7 Å². The number of amides is 2. The van der Waals surface area contributed by atoms with E-state index in [1.165, 1.54) is 0 Å². The van der Waals surface area contributed by atoms with Gasteiger partial charge in [-0.15, -0.1) is 0 Å². The topological polar surface area (TPSA) is 105 Å². The SMILES string of the molecule is CC(C)COc1c(C(=O)N[C@H]2C3CC4CC2C[C@](O)(C4)C3)cnn1/C=C/C(C)(C)NC(=O)C(C)C. The van der Waals surface area contributed by atoms with E-state index in [0.29, 0.717) is 35.8 Å². The van der Waals surface area contributed by atoms with Gasteiger partial charge in [-0.25, -0.2) is 4.68 Å². The van der Waals surface area contributed by atoms with Crippen LogP contribution in [0.15, 0.2) is 12.3 Å². The second-order valence-electron chi connectivity index (χ2n) is 12.4. The van der Waals surface area contributed by atoms with Gasteiger partial charge in [0.1, 0.15) is 5.56 Å². The highest BCUT2D eigenvalue weighted by Crippen LogP contribution is 2.55. The third-order valence-corrected chi connectivity index (χ3v) is 7.69. The second kappa shape index (κ2) is 9.60. The van der Waals surface area contributed by atoms with E-state index >= 15 is 0 Å². The molecule has 0 saturated heterocycles. The lowest BCUT2D eigenvalue weighted by atomic mass is 9.52. The van der Waals surface area contributed by atoms with Crippen molar-refractivity contribution in [1.29, 1.82) is 0 Å². The predicted molar refractivity (Wildman–Crippen MR) is 135 cm³/mol. The second-order valence-corrected chi connectivity index (χ2v) is 12.4. The predicted octanol–water partition coefficient (Wildman–Crippen LogP) is 3.61. The van der Waals surface area contributed by atoms with Crippen LogP contribution in [0.5, 0.6) is 5.88 Å². The Kier molecular flexibility index (Phi) is 7.06. The average molecular weight is 487 g/mol. The Morgan fingerprint density at radius 1 is 1.23 bits per heavy atom. The standard InChI is InChI=1S/C27H42N4O4/c1-16(2)15-35-25-21(14-28-31(25)8-7-26(5,6)30-23(32)17(3)4)24(33)29-22-19-9-18-10-20(22)13-27(34,11-18)12-19/h7-8,14,16-20,22,34H,9-13,15H2,1-6H3,(H,29,33)(H,30,32)/b8-7+/t18?,19?,20?,22-,27-. The molecule has 0 radical (unpaired) electrons. The van der Waals surface area contributed by atoms with Gasteiger partial charge < -0.3 is 20.5 Å². The number of nitrogens with one attached hydrogen (secondary N) is 2. The largest absolute Gasteiger partial charge is 0.477 e. The van der Waals surface area contributed by atoms with Crippen LogP contribution in [0.25, 0.3) is 6.20 Å². The van der Waals surface area contributed by atoms with E-state index in [4.69, 9.17) is 4.74 Å². The summed E-state index contributed by atoms with van der Waals surface area (Å²) in [7, 11) is 0. The van der Waals surface area contributed by atoms with Crippen LogP contribution in [0.3, 0.4) is 0 Å². The smallest absolute Gasteiger partial charge is 0.258 e. The van der Waals surface area contributed by atoms with Crippen LogP contribution in [0.2, 0.25) is 0 Å². The molecule has 1 heterocycles. The first-order valence-electron chi connectivity index (χ1n) is 13.1. The molecule has 3 N–H and O–H groups in total. The summed E-state index contributed by atoms with van der Waals surface area (Å²) in [5, 5.41) is 21.6. The molecule has 8 nitrogen and oxygen atoms in total. The molecule has 4 aliphatic carbocycles. The molecule has 8 heteroatoms. The number of carbonyl (C=O) groups is 2. The van der Waals surface area contributed by atoms with Crippen molar-refractivity contribution in [3.8, 4) is 5.88 Å². The Hall–Kier alpha value is -2.35. The summed E-state index contributed by atoms with van der Waals surface area (Å²) < 4.78 is 7.63. The highest BCUT2D eigenvalue weighted by molar-refractivity contribution is 5.96. The molecule has 2 unspecified atom stereocenters. The minimum absolute atomic E-state index is 0.0308. The van der Waals surface area contributed by atoms with Gasteiger partial charge in [0.05, 0.1) is 23.9 Å². The van der Waals surface area contributed by atoms with Crippen molar-refractivity contribution in [2.75, 3.05) is 6.61 Å². The lowest BCUT2D eigenvalue weighted by Crippen LogP contribution is -2.61. The molecular formula is C27H42N4O4. The molecule has 1 aromatic heterocycles. The minimum atomic E-state index is -0.592. The van der Waals surface area contributed by atoms with E-state index in [1.807, 2.05) is 33.8 Å². The normalized spacial score (nSPS) is 29.9. The summed E-state index contributed by atoms with van der Waals surface area (Å²) in [6.45, 7) is 12.1. The first-order chi connectivity index (χ1) is 16.4. The number of nitrogens with zero attached hydrogens (tertiary/aromatic N) is 2. The zero-order valence-corrected chi connectivity index (χ0v) is 22.0. The average Bonchev–Trinajstić information content (AvgIpc) is 3.14. The molecule has 194 valence electrons. The van der Waals surface area contributed by atoms with Crippen LogP contribution >= 0.6 is 0 Å². The van der Waals surface area contributed by atoms with Crippen molar-refractivity contribution in [1.82, 2.24) is 20.4 Å². The summed E-state index contributed by atoms with van der Waals surface area (Å²) in [6, 6.07) is 0.0846. The zero-order valence-electron chi connectivity index (χ0n) is 22.0. The first kappa shape index (κ1) is 25.7. The molecule has 4 saturated carbocycles. The third kappa shape index (κ3) is 5.74. The number of aromatic nitrogens is 2. The number of hydrogen-bond donors (Lipinski definition) is 3. The molecule has 0 aliphatic heterocycles. The van der Waals surface area contributed by atoms with Crippen LogP contribution in [0, 0.1) is 29.6 Å². The highest BCUT2D eigenvalue weighted by Gasteiger charge is 2.55. The van der Waals surface area contributed by atoms with Gasteiger partial charge in [0.2, 0.25) is 11.8 Å². The first-order valence-corrected chi connectivity index (χ1v) is 13.1. The number of ether oxygens (including phenoxy) is 1. The van der Waals surface area contributed by atoms with E-state index in [1.54, 1.807) is 17.1 Å². The minimum Gasteiger partial charge on any atom is -0.477 e. The van der Waals surface area contributed by atoms with E-state index in [-0.39, 0.29) is 29.7 Å². The molecule has 5 rings (SSSR count). The molecule has 1 aromatic rings. The van der Waals surface area contributed by atoms with Gasteiger partial charge in [0, 0.05) is 18.2 Å². The summed E-state index contributed by atoms with van der Waals surface area (Å²) in [6.07, 6.45) is 9.79. The van der Waals surface area contributed by atoms with Gasteiger partial charge >= 0.3 is 0 Å². The number of hydrogen-bond acceptors (Lipinski definition) is 5. The van der Waals surface area contributed by atoms with E-state index in [0.717, 1.165) is 32.1 Å². The monoisotopic (exact) mass is 486 g/mol. The van der Waals surface area contributed by atoms with Crippen LogP contribution in [-0.2, 0) is 4.79 Å². The lowest BCUT2D eigenvalue weighted by molar-refractivity contribution is -0.137. The van der Waals surface area contributed by atoms with Crippen LogP contribution in [0.1, 0.15) is 84.0 Å². The summed E-state index contributed by atoms with van der Waals surface area (Å²) in [4.78, 5) is 25.6. The van der Waals surface area contributed by atoms with Crippen molar-refractivity contribution >= 4 is 18.0 Å². The van der Waals surface area contributed by atoms with Crippen molar-refractivity contribution in [3.63, 3.8) is 0 Å². The Labute approximate surface area is 208 Å². The molecule has 0 aromatic carbocycles. The zero-order chi connectivity index (χ0) is 25.5. The van der Waals surface area contributed by atoms with Gasteiger partial charge in [-0.05, 0) is 75.7 Å². The van der Waals surface area contributed by atoms with E-state index in [9.17, 15) is 14.7 Å². The van der Waals surface area contributed by atoms with Gasteiger partial charge in [-0.2, -0.15) is 5.10 Å². The Morgan fingerprint density at radius 2 is 1.89 bits per heavy atom. The molecule has 2 atom stereocenters. The summed E-state index contributed by atoms with van der Waals surface area (Å²) in [5.41, 5.74) is -0.713. The molecule has 4 bridgehead atoms. The van der Waals surface area contributed by atoms with Gasteiger partial charge in [0.25, 0.3) is 5.91 Å². The van der Waals surface area contributed by atoms with Gasteiger partial charge in [0.15, 0.2) is 0 Å². The summed E-state index contributed by atoms with van der Waals surface area (Å²) in [5.74, 6) is 1.61. The lowest BCUT2D eigenvalue weighted by Gasteiger charge is -2.58. The van der Waals surface area contributed by atoms with Crippen molar-refractivity contribution in [2.45, 2.75) is 90.8 Å². The molecular weight excluding hydrogens is 444 g/mol. The Balaban J connectivity index is 1.51. The maximum Gasteiger partial charge on any atom is 0.258 e. The number of rotatable bonds is 9. The maximum absolute atomic E-state index is 13.4.